The van der Waals surface area contributed by atoms with Crippen molar-refractivity contribution in [1.82, 2.24) is 14.4 Å². The molecule has 0 spiro atoms. The van der Waals surface area contributed by atoms with Crippen molar-refractivity contribution in [2.45, 2.75) is 46.8 Å². The topological polar surface area (TPSA) is 11.4 Å². The second-order valence-electron chi connectivity index (χ2n) is 8.38. The van der Waals surface area contributed by atoms with E-state index in [2.05, 4.69) is 84.6 Å². The fourth-order valence-corrected chi connectivity index (χ4v) is 4.49. The summed E-state index contributed by atoms with van der Waals surface area (Å²) in [6, 6.07) is 7.76. The van der Waals surface area contributed by atoms with Crippen LogP contribution in [0.25, 0.3) is 23.1 Å². The van der Waals surface area contributed by atoms with Gasteiger partial charge in [0.25, 0.3) is 0 Å². The molecule has 144 valence electrons. The molecule has 2 heterocycles. The number of rotatable bonds is 4. The molecule has 3 heteroatoms. The second kappa shape index (κ2) is 7.65. The zero-order chi connectivity index (χ0) is 19.0. The zero-order valence-electron chi connectivity index (χ0n) is 17.3. The zero-order valence-corrected chi connectivity index (χ0v) is 17.3. The molecule has 0 bridgehead atoms. The second-order valence-corrected chi connectivity index (χ2v) is 8.38. The van der Waals surface area contributed by atoms with Crippen LogP contribution in [0.2, 0.25) is 0 Å². The highest BCUT2D eigenvalue weighted by Gasteiger charge is 2.20. The van der Waals surface area contributed by atoms with Crippen molar-refractivity contribution in [3.8, 4) is 0 Å². The minimum atomic E-state index is 0.498. The Bertz CT molecular complexity index is 863. The highest BCUT2D eigenvalue weighted by molar-refractivity contribution is 5.95. The van der Waals surface area contributed by atoms with E-state index in [0.717, 1.165) is 13.1 Å². The molecule has 2 aliphatic rings. The number of fused-ring (bicyclic) bond motifs is 3. The predicted octanol–water partition coefficient (Wildman–Crippen LogP) is 4.86. The first-order chi connectivity index (χ1) is 13.1. The summed E-state index contributed by atoms with van der Waals surface area (Å²) in [7, 11) is 0. The summed E-state index contributed by atoms with van der Waals surface area (Å²) < 4.78 is 2.45. The number of hydrogen-bond donors (Lipinski definition) is 0. The minimum absolute atomic E-state index is 0.498. The molecular formula is C24H33N3. The van der Waals surface area contributed by atoms with Crippen molar-refractivity contribution in [1.29, 1.82) is 0 Å². The summed E-state index contributed by atoms with van der Waals surface area (Å²) in [6.45, 7) is 15.9. The van der Waals surface area contributed by atoms with Crippen molar-refractivity contribution in [3.63, 3.8) is 0 Å². The van der Waals surface area contributed by atoms with Gasteiger partial charge >= 0.3 is 0 Å². The summed E-state index contributed by atoms with van der Waals surface area (Å²) in [6.07, 6.45) is 9.27. The van der Waals surface area contributed by atoms with E-state index >= 15 is 0 Å². The number of aryl methyl sites for hydroxylation is 1. The molecular weight excluding hydrogens is 330 g/mol. The average Bonchev–Trinajstić information content (AvgIpc) is 2.83. The molecule has 1 saturated heterocycles. The Balaban J connectivity index is 1.61. The Morgan fingerprint density at radius 2 is 1.78 bits per heavy atom. The Morgan fingerprint density at radius 3 is 2.48 bits per heavy atom. The van der Waals surface area contributed by atoms with E-state index in [1.54, 1.807) is 0 Å². The van der Waals surface area contributed by atoms with E-state index in [0.29, 0.717) is 12.0 Å². The summed E-state index contributed by atoms with van der Waals surface area (Å²) in [4.78, 5) is 5.19. The molecule has 4 rings (SSSR count). The van der Waals surface area contributed by atoms with Gasteiger partial charge in [0.15, 0.2) is 0 Å². The third-order valence-electron chi connectivity index (χ3n) is 6.19. The quantitative estimate of drug-likeness (QED) is 0.768. The van der Waals surface area contributed by atoms with Crippen LogP contribution >= 0.6 is 0 Å². The number of aromatic nitrogens is 1. The average molecular weight is 364 g/mol. The molecule has 1 aliphatic heterocycles. The summed E-state index contributed by atoms with van der Waals surface area (Å²) >= 11 is 0. The first-order valence-electron chi connectivity index (χ1n) is 10.5. The molecule has 1 aliphatic carbocycles. The predicted molar refractivity (Wildman–Crippen MR) is 117 cm³/mol. The number of nitrogens with zero attached hydrogens (tertiary/aromatic N) is 3. The van der Waals surface area contributed by atoms with E-state index in [9.17, 15) is 0 Å². The van der Waals surface area contributed by atoms with Gasteiger partial charge in [-0.15, -0.1) is 0 Å². The smallest absolute Gasteiger partial charge is 0.0491 e. The minimum Gasteiger partial charge on any atom is -0.341 e. The lowest BCUT2D eigenvalue weighted by Crippen LogP contribution is -2.48. The van der Waals surface area contributed by atoms with Crippen molar-refractivity contribution < 1.29 is 0 Å². The maximum atomic E-state index is 2.60. The number of piperazine rings is 1. The van der Waals surface area contributed by atoms with E-state index in [1.807, 2.05) is 0 Å². The molecule has 27 heavy (non-hydrogen) atoms. The molecule has 1 atom stereocenters. The number of allylic oxidation sites excluding steroid dienone is 2. The van der Waals surface area contributed by atoms with Crippen molar-refractivity contribution in [2.24, 2.45) is 5.92 Å². The Labute approximate surface area is 164 Å². The van der Waals surface area contributed by atoms with Gasteiger partial charge in [-0.25, -0.2) is 0 Å². The number of hydrogen-bond acceptors (Lipinski definition) is 2. The van der Waals surface area contributed by atoms with Crippen LogP contribution in [0.4, 0.5) is 0 Å². The van der Waals surface area contributed by atoms with Crippen LogP contribution in [0.1, 0.15) is 44.5 Å². The van der Waals surface area contributed by atoms with Crippen LogP contribution in [0.5, 0.6) is 0 Å². The van der Waals surface area contributed by atoms with E-state index in [4.69, 9.17) is 0 Å². The molecule has 0 amide bonds. The maximum Gasteiger partial charge on any atom is 0.0491 e. The van der Waals surface area contributed by atoms with Gasteiger partial charge in [0, 0.05) is 67.5 Å². The fraction of sp³-hybridized carbons (Fsp3) is 0.500. The van der Waals surface area contributed by atoms with Crippen molar-refractivity contribution >= 4 is 23.1 Å². The van der Waals surface area contributed by atoms with E-state index in [1.165, 1.54) is 53.9 Å². The molecule has 2 aromatic rings. The third-order valence-corrected chi connectivity index (χ3v) is 6.19. The van der Waals surface area contributed by atoms with Gasteiger partial charge < -0.3 is 4.57 Å². The Kier molecular flexibility index (Phi) is 5.25. The van der Waals surface area contributed by atoms with Crippen LogP contribution in [-0.4, -0.2) is 46.6 Å². The third kappa shape index (κ3) is 3.63. The van der Waals surface area contributed by atoms with Crippen LogP contribution in [0, 0.1) is 5.92 Å². The Morgan fingerprint density at radius 1 is 1.04 bits per heavy atom. The van der Waals surface area contributed by atoms with Crippen LogP contribution in [0.3, 0.4) is 0 Å². The highest BCUT2D eigenvalue weighted by atomic mass is 15.3. The van der Waals surface area contributed by atoms with Gasteiger partial charge in [-0.3, -0.25) is 9.80 Å². The first kappa shape index (κ1) is 18.5. The molecule has 1 fully saturated rings. The summed E-state index contributed by atoms with van der Waals surface area (Å²) in [5.41, 5.74) is 5.54. The fourth-order valence-electron chi connectivity index (χ4n) is 4.49. The highest BCUT2D eigenvalue weighted by Crippen LogP contribution is 2.32. The molecule has 3 nitrogen and oxygen atoms in total. The van der Waals surface area contributed by atoms with E-state index in [-0.39, 0.29) is 0 Å². The van der Waals surface area contributed by atoms with Gasteiger partial charge in [-0.2, -0.15) is 0 Å². The monoisotopic (exact) mass is 363 g/mol. The van der Waals surface area contributed by atoms with Crippen LogP contribution < -0.4 is 0 Å². The maximum absolute atomic E-state index is 2.60. The molecule has 0 N–H and O–H groups in total. The van der Waals surface area contributed by atoms with Crippen molar-refractivity contribution in [3.05, 3.63) is 47.2 Å². The largest absolute Gasteiger partial charge is 0.341 e. The number of benzene rings is 1. The molecule has 0 saturated carbocycles. The lowest BCUT2D eigenvalue weighted by Gasteiger charge is -2.36. The Hall–Kier alpha value is -1.84. The molecule has 1 aromatic carbocycles. The van der Waals surface area contributed by atoms with E-state index < -0.39 is 0 Å². The normalized spacial score (nSPS) is 21.1. The molecule has 1 unspecified atom stereocenters. The molecule has 0 radical (unpaired) electrons. The van der Waals surface area contributed by atoms with Crippen LogP contribution in [0.15, 0.2) is 30.4 Å². The molecule has 1 aromatic heterocycles. The van der Waals surface area contributed by atoms with Gasteiger partial charge in [-0.1, -0.05) is 31.2 Å². The standard InChI is InChI=1S/C24H33N3/c1-5-27-23-10-7-19(4)6-9-21(23)22-16-20(8-11-24(22)27)17-25-12-14-26(15-13-25)18(2)3/h6-11,16,18-19H,5,12-15,17H2,1-4H3. The van der Waals surface area contributed by atoms with Gasteiger partial charge in [0.2, 0.25) is 0 Å². The van der Waals surface area contributed by atoms with Crippen molar-refractivity contribution in [2.75, 3.05) is 26.2 Å². The van der Waals surface area contributed by atoms with Crippen LogP contribution in [-0.2, 0) is 13.1 Å². The van der Waals surface area contributed by atoms with Gasteiger partial charge in [0.05, 0.1) is 0 Å². The summed E-state index contributed by atoms with van der Waals surface area (Å²) in [5.74, 6) is 0.498. The summed E-state index contributed by atoms with van der Waals surface area (Å²) in [5, 5.41) is 1.40. The van der Waals surface area contributed by atoms with Gasteiger partial charge in [-0.05, 0) is 50.5 Å². The first-order valence-corrected chi connectivity index (χ1v) is 10.5. The SMILES string of the molecule is CCn1c2c(c3cc(CN4CCN(C(C)C)CC4)ccc31)C=CC(C)C=C2. The lowest BCUT2D eigenvalue weighted by molar-refractivity contribution is 0.104. The lowest BCUT2D eigenvalue weighted by atomic mass is 10.1. The van der Waals surface area contributed by atoms with Gasteiger partial charge in [0.1, 0.15) is 0 Å².